The molecule has 0 spiro atoms. The van der Waals surface area contributed by atoms with E-state index in [-0.39, 0.29) is 11.1 Å². The maximum Gasteiger partial charge on any atom is 0.342 e. The van der Waals surface area contributed by atoms with Crippen LogP contribution in [0.3, 0.4) is 0 Å². The third kappa shape index (κ3) is 2.71. The minimum atomic E-state index is -1.07. The molecule has 0 amide bonds. The molecule has 0 unspecified atom stereocenters. The Kier molecular flexibility index (Phi) is 3.97. The molecule has 33 heavy (non-hydrogen) atoms. The van der Waals surface area contributed by atoms with Gasteiger partial charge in [0.1, 0.15) is 33.5 Å². The van der Waals surface area contributed by atoms with Crippen LogP contribution in [0.2, 0.25) is 0 Å². The van der Waals surface area contributed by atoms with Gasteiger partial charge < -0.3 is 18.7 Å². The third-order valence-corrected chi connectivity index (χ3v) is 5.70. The summed E-state index contributed by atoms with van der Waals surface area (Å²) in [7, 11) is 1.32. The molecule has 0 saturated heterocycles. The number of furan rings is 4. The maximum atomic E-state index is 12.4. The molecule has 0 saturated carbocycles. The molecule has 6 aromatic rings. The number of methoxy groups -OCH3 is 1. The van der Waals surface area contributed by atoms with Crippen LogP contribution in [0.25, 0.3) is 55.8 Å². The van der Waals surface area contributed by atoms with Crippen molar-refractivity contribution in [2.75, 3.05) is 7.11 Å². The Hall–Kier alpha value is -4.72. The standard InChI is InChI=1S/C25H14N2O6/c1-31-25(30)22-17-3-2-16(32-17)19(22)13-6-9-27-15(10-13)14-11-18-21(24(28)29)20(23(14)33-18)12-4-7-26-8-5-12/h2-11H,1H3,(H,28,29). The Labute approximate surface area is 185 Å². The summed E-state index contributed by atoms with van der Waals surface area (Å²) in [5, 5.41) is 9.77. The second kappa shape index (κ2) is 6.89. The van der Waals surface area contributed by atoms with E-state index >= 15 is 0 Å². The van der Waals surface area contributed by atoms with Gasteiger partial charge in [-0.2, -0.15) is 0 Å². The Morgan fingerprint density at radius 2 is 1.61 bits per heavy atom. The van der Waals surface area contributed by atoms with Crippen LogP contribution in [0.1, 0.15) is 20.7 Å². The molecule has 6 rings (SSSR count). The van der Waals surface area contributed by atoms with Gasteiger partial charge in [-0.05, 0) is 53.6 Å². The van der Waals surface area contributed by atoms with E-state index in [0.717, 1.165) is 5.56 Å². The summed E-state index contributed by atoms with van der Waals surface area (Å²) >= 11 is 0. The van der Waals surface area contributed by atoms with Gasteiger partial charge in [0.2, 0.25) is 0 Å². The number of esters is 1. The molecule has 0 aliphatic rings. The van der Waals surface area contributed by atoms with E-state index in [9.17, 15) is 14.7 Å². The highest BCUT2D eigenvalue weighted by molar-refractivity contribution is 6.13. The van der Waals surface area contributed by atoms with Crippen molar-refractivity contribution in [1.82, 2.24) is 9.97 Å². The molecule has 6 aromatic heterocycles. The molecule has 8 heteroatoms. The number of fused-ring (bicyclic) bond motifs is 4. The molecule has 0 aromatic carbocycles. The molecule has 0 aliphatic carbocycles. The number of pyridine rings is 2. The highest BCUT2D eigenvalue weighted by atomic mass is 16.5. The number of aromatic carboxylic acids is 1. The third-order valence-electron chi connectivity index (χ3n) is 5.70. The largest absolute Gasteiger partial charge is 0.478 e. The predicted octanol–water partition coefficient (Wildman–Crippen LogP) is 5.33. The first-order valence-corrected chi connectivity index (χ1v) is 9.99. The van der Waals surface area contributed by atoms with Crippen LogP contribution >= 0.6 is 0 Å². The molecule has 0 atom stereocenters. The van der Waals surface area contributed by atoms with Crippen molar-refractivity contribution in [3.05, 3.63) is 72.2 Å². The van der Waals surface area contributed by atoms with Crippen molar-refractivity contribution in [3.8, 4) is 33.5 Å². The number of benzene rings is 2. The van der Waals surface area contributed by atoms with E-state index in [4.69, 9.17) is 13.6 Å². The molecule has 4 bridgehead atoms. The van der Waals surface area contributed by atoms with Crippen LogP contribution in [0.4, 0.5) is 0 Å². The number of hydrogen-bond acceptors (Lipinski definition) is 7. The Morgan fingerprint density at radius 1 is 0.848 bits per heavy atom. The topological polar surface area (TPSA) is 116 Å². The number of ether oxygens (including phenoxy) is 1. The Balaban J connectivity index is 1.54. The predicted molar refractivity (Wildman–Crippen MR) is 119 cm³/mol. The fourth-order valence-electron chi connectivity index (χ4n) is 4.31. The zero-order valence-electron chi connectivity index (χ0n) is 17.2. The zero-order chi connectivity index (χ0) is 22.7. The van der Waals surface area contributed by atoms with E-state index in [1.165, 1.54) is 7.11 Å². The lowest BCUT2D eigenvalue weighted by Gasteiger charge is -2.08. The average Bonchev–Trinajstić information content (AvgIpc) is 3.63. The minimum Gasteiger partial charge on any atom is -0.478 e. The van der Waals surface area contributed by atoms with Crippen molar-refractivity contribution in [1.29, 1.82) is 0 Å². The van der Waals surface area contributed by atoms with Gasteiger partial charge in [-0.3, -0.25) is 9.97 Å². The lowest BCUT2D eigenvalue weighted by Crippen LogP contribution is -2.02. The molecule has 8 nitrogen and oxygen atoms in total. The SMILES string of the molecule is COC(=O)c1c(-c2ccnc(-c3cc4oc3c(-c3ccncc3)c4C(=O)O)c2)c2ccc1o2. The minimum absolute atomic E-state index is 0.102. The number of carboxylic acid groups (broad SMARTS) is 1. The fraction of sp³-hybridized carbons (Fsp3) is 0.0400. The number of nitrogens with zero attached hydrogens (tertiary/aromatic N) is 2. The summed E-state index contributed by atoms with van der Waals surface area (Å²) in [6.45, 7) is 0. The number of carbonyl (C=O) groups is 2. The van der Waals surface area contributed by atoms with Gasteiger partial charge in [0, 0.05) is 35.3 Å². The highest BCUT2D eigenvalue weighted by Gasteiger charge is 2.29. The summed E-state index contributed by atoms with van der Waals surface area (Å²) in [6.07, 6.45) is 4.82. The summed E-state index contributed by atoms with van der Waals surface area (Å²) in [5.41, 5.74) is 5.90. The van der Waals surface area contributed by atoms with E-state index in [2.05, 4.69) is 9.97 Å². The Morgan fingerprint density at radius 3 is 2.36 bits per heavy atom. The molecule has 1 N–H and O–H groups in total. The van der Waals surface area contributed by atoms with Gasteiger partial charge in [-0.15, -0.1) is 0 Å². The number of hydrogen-bond donors (Lipinski definition) is 1. The second-order valence-corrected chi connectivity index (χ2v) is 7.48. The van der Waals surface area contributed by atoms with Crippen molar-refractivity contribution in [2.24, 2.45) is 0 Å². The lowest BCUT2D eigenvalue weighted by atomic mass is 9.95. The lowest BCUT2D eigenvalue weighted by molar-refractivity contribution is 0.0602. The van der Waals surface area contributed by atoms with Crippen LogP contribution in [0.5, 0.6) is 0 Å². The van der Waals surface area contributed by atoms with Gasteiger partial charge >= 0.3 is 11.9 Å². The maximum absolute atomic E-state index is 12.4. The highest BCUT2D eigenvalue weighted by Crippen LogP contribution is 2.44. The molecular weight excluding hydrogens is 424 g/mol. The monoisotopic (exact) mass is 438 g/mol. The van der Waals surface area contributed by atoms with Gasteiger partial charge in [0.15, 0.2) is 0 Å². The molecule has 0 fully saturated rings. The van der Waals surface area contributed by atoms with Gasteiger partial charge in [0.25, 0.3) is 0 Å². The van der Waals surface area contributed by atoms with E-state index in [0.29, 0.717) is 50.3 Å². The molecule has 6 heterocycles. The van der Waals surface area contributed by atoms with Gasteiger partial charge in [0.05, 0.1) is 12.8 Å². The van der Waals surface area contributed by atoms with Crippen molar-refractivity contribution < 1.29 is 28.3 Å². The quantitative estimate of drug-likeness (QED) is 0.359. The summed E-state index contributed by atoms with van der Waals surface area (Å²) < 4.78 is 16.5. The molecule has 160 valence electrons. The van der Waals surface area contributed by atoms with E-state index in [1.807, 2.05) is 6.07 Å². The normalized spacial score (nSPS) is 11.5. The first kappa shape index (κ1) is 19.0. The van der Waals surface area contributed by atoms with Crippen molar-refractivity contribution in [2.45, 2.75) is 0 Å². The number of rotatable bonds is 5. The number of carbonyl (C=O) groups excluding carboxylic acids is 1. The van der Waals surface area contributed by atoms with E-state index < -0.39 is 11.9 Å². The fourth-order valence-corrected chi connectivity index (χ4v) is 4.31. The Bertz CT molecular complexity index is 1650. The van der Waals surface area contributed by atoms with Crippen LogP contribution in [0.15, 0.2) is 69.9 Å². The molecule has 0 aliphatic heterocycles. The summed E-state index contributed by atoms with van der Waals surface area (Å²) in [4.78, 5) is 32.8. The van der Waals surface area contributed by atoms with Crippen molar-refractivity contribution >= 4 is 34.3 Å². The van der Waals surface area contributed by atoms with Gasteiger partial charge in [-0.25, -0.2) is 9.59 Å². The summed E-state index contributed by atoms with van der Waals surface area (Å²) in [5.74, 6) is -1.56. The van der Waals surface area contributed by atoms with Crippen LogP contribution in [-0.4, -0.2) is 34.1 Å². The smallest absolute Gasteiger partial charge is 0.342 e. The molecular formula is C25H14N2O6. The molecule has 0 radical (unpaired) electrons. The second-order valence-electron chi connectivity index (χ2n) is 7.48. The number of aromatic nitrogens is 2. The summed E-state index contributed by atoms with van der Waals surface area (Å²) in [6, 6.07) is 12.3. The van der Waals surface area contributed by atoms with Gasteiger partial charge in [-0.1, -0.05) is 0 Å². The van der Waals surface area contributed by atoms with Crippen LogP contribution < -0.4 is 0 Å². The first-order chi connectivity index (χ1) is 16.1. The zero-order valence-corrected chi connectivity index (χ0v) is 17.2. The average molecular weight is 438 g/mol. The van der Waals surface area contributed by atoms with Crippen LogP contribution in [-0.2, 0) is 4.74 Å². The number of carboxylic acids is 1. The van der Waals surface area contributed by atoms with Crippen LogP contribution in [0, 0.1) is 0 Å². The van der Waals surface area contributed by atoms with Crippen molar-refractivity contribution in [3.63, 3.8) is 0 Å². The van der Waals surface area contributed by atoms with E-state index in [1.54, 1.807) is 55.0 Å². The first-order valence-electron chi connectivity index (χ1n) is 9.99.